The van der Waals surface area contributed by atoms with Crippen molar-refractivity contribution < 1.29 is 19.3 Å². The Morgan fingerprint density at radius 3 is 1.71 bits per heavy atom. The number of aliphatic hydroxyl groups is 1. The van der Waals surface area contributed by atoms with Crippen molar-refractivity contribution in [2.45, 2.75) is 52.1 Å². The van der Waals surface area contributed by atoms with Gasteiger partial charge >= 0.3 is 0 Å². The third kappa shape index (κ3) is 5.54. The highest BCUT2D eigenvalue weighted by Crippen LogP contribution is 2.09. The fourth-order valence-corrected chi connectivity index (χ4v) is 0.722. The van der Waals surface area contributed by atoms with Crippen LogP contribution in [0.4, 0.5) is 0 Å². The molecular weight excluding hydrogens is 184 g/mol. The molecule has 4 unspecified atom stereocenters. The summed E-state index contributed by atoms with van der Waals surface area (Å²) >= 11 is 0. The van der Waals surface area contributed by atoms with E-state index in [1.54, 1.807) is 14.0 Å². The summed E-state index contributed by atoms with van der Waals surface area (Å²) in [6.07, 6.45) is 0.185. The van der Waals surface area contributed by atoms with Crippen molar-refractivity contribution >= 4 is 0 Å². The van der Waals surface area contributed by atoms with Crippen LogP contribution in [0.15, 0.2) is 0 Å². The van der Waals surface area contributed by atoms with Crippen LogP contribution in [0, 0.1) is 0 Å². The monoisotopic (exact) mass is 206 g/mol. The Hall–Kier alpha value is -0.160. The Bertz CT molecular complexity index is 130. The fourth-order valence-electron chi connectivity index (χ4n) is 0.722. The quantitative estimate of drug-likeness (QED) is 0.736. The summed E-state index contributed by atoms with van der Waals surface area (Å²) < 4.78 is 14.8. The molecule has 4 atom stereocenters. The van der Waals surface area contributed by atoms with Gasteiger partial charge in [-0.3, -0.25) is 0 Å². The molecule has 1 aliphatic rings. The topological polar surface area (TPSA) is 47.9 Å². The SMILES string of the molecule is CC1OCOC1C.COC(C)C(C)O. The molecule has 0 radical (unpaired) electrons. The minimum Gasteiger partial charge on any atom is -0.391 e. The van der Waals surface area contributed by atoms with Crippen molar-refractivity contribution in [3.05, 3.63) is 0 Å². The highest BCUT2D eigenvalue weighted by Gasteiger charge is 2.18. The molecule has 0 amide bonds. The number of hydrogen-bond donors (Lipinski definition) is 1. The van der Waals surface area contributed by atoms with Crippen LogP contribution in [0.3, 0.4) is 0 Å². The largest absolute Gasteiger partial charge is 0.391 e. The molecule has 0 saturated carbocycles. The molecule has 0 bridgehead atoms. The normalized spacial score (nSPS) is 30.4. The molecule has 1 saturated heterocycles. The van der Waals surface area contributed by atoms with Gasteiger partial charge in [0.05, 0.1) is 24.4 Å². The Morgan fingerprint density at radius 1 is 1.21 bits per heavy atom. The van der Waals surface area contributed by atoms with Crippen LogP contribution in [0.2, 0.25) is 0 Å². The average molecular weight is 206 g/mol. The van der Waals surface area contributed by atoms with Crippen LogP contribution >= 0.6 is 0 Å². The smallest absolute Gasteiger partial charge is 0.147 e. The van der Waals surface area contributed by atoms with E-state index in [2.05, 4.69) is 0 Å². The number of rotatable bonds is 2. The second-order valence-corrected chi connectivity index (χ2v) is 3.54. The molecule has 0 aliphatic carbocycles. The van der Waals surface area contributed by atoms with Crippen molar-refractivity contribution in [2.24, 2.45) is 0 Å². The van der Waals surface area contributed by atoms with Crippen molar-refractivity contribution in [3.8, 4) is 0 Å². The van der Waals surface area contributed by atoms with E-state index in [4.69, 9.17) is 19.3 Å². The van der Waals surface area contributed by atoms with Crippen molar-refractivity contribution in [1.82, 2.24) is 0 Å². The summed E-state index contributed by atoms with van der Waals surface area (Å²) in [6, 6.07) is 0. The lowest BCUT2D eigenvalue weighted by molar-refractivity contribution is 0.00997. The lowest BCUT2D eigenvalue weighted by Crippen LogP contribution is -2.20. The Balaban J connectivity index is 0.000000241. The van der Waals surface area contributed by atoms with E-state index < -0.39 is 0 Å². The van der Waals surface area contributed by atoms with Gasteiger partial charge in [-0.05, 0) is 27.7 Å². The number of methoxy groups -OCH3 is 1. The lowest BCUT2D eigenvalue weighted by atomic mass is 10.3. The van der Waals surface area contributed by atoms with Gasteiger partial charge in [0.1, 0.15) is 6.79 Å². The van der Waals surface area contributed by atoms with E-state index in [0.29, 0.717) is 19.0 Å². The Labute approximate surface area is 86.2 Å². The van der Waals surface area contributed by atoms with Crippen molar-refractivity contribution in [3.63, 3.8) is 0 Å². The molecule has 0 spiro atoms. The van der Waals surface area contributed by atoms with Crippen molar-refractivity contribution in [1.29, 1.82) is 0 Å². The first kappa shape index (κ1) is 13.8. The molecule has 4 heteroatoms. The fraction of sp³-hybridized carbons (Fsp3) is 1.00. The zero-order valence-corrected chi connectivity index (χ0v) is 9.69. The summed E-state index contributed by atoms with van der Waals surface area (Å²) in [5.74, 6) is 0. The first-order valence-electron chi connectivity index (χ1n) is 4.93. The van der Waals surface area contributed by atoms with E-state index >= 15 is 0 Å². The molecular formula is C10H22O4. The van der Waals surface area contributed by atoms with E-state index in [-0.39, 0.29) is 12.2 Å². The molecule has 0 aromatic heterocycles. The van der Waals surface area contributed by atoms with Crippen molar-refractivity contribution in [2.75, 3.05) is 13.9 Å². The Morgan fingerprint density at radius 2 is 1.64 bits per heavy atom. The van der Waals surface area contributed by atoms with Gasteiger partial charge in [0.2, 0.25) is 0 Å². The van der Waals surface area contributed by atoms with E-state index in [1.165, 1.54) is 0 Å². The predicted octanol–water partition coefficient (Wildman–Crippen LogP) is 1.17. The first-order valence-corrected chi connectivity index (χ1v) is 4.93. The van der Waals surface area contributed by atoms with Gasteiger partial charge in [-0.25, -0.2) is 0 Å². The maximum absolute atomic E-state index is 8.70. The van der Waals surface area contributed by atoms with Gasteiger partial charge < -0.3 is 19.3 Å². The number of hydrogen-bond acceptors (Lipinski definition) is 4. The first-order chi connectivity index (χ1) is 6.49. The third-order valence-electron chi connectivity index (χ3n) is 2.37. The Kier molecular flexibility index (Phi) is 7.09. The van der Waals surface area contributed by atoms with Gasteiger partial charge in [-0.2, -0.15) is 0 Å². The standard InChI is InChI=1S/C5H10O2.C5H12O2/c1-4-5(2)7-3-6-4;1-4(6)5(2)7-3/h4-5H,3H2,1-2H3;4-6H,1-3H3. The molecule has 1 N–H and O–H groups in total. The number of ether oxygens (including phenoxy) is 3. The van der Waals surface area contributed by atoms with Gasteiger partial charge in [0.25, 0.3) is 0 Å². The third-order valence-corrected chi connectivity index (χ3v) is 2.37. The summed E-state index contributed by atoms with van der Waals surface area (Å²) in [7, 11) is 1.58. The molecule has 0 aromatic rings. The summed E-state index contributed by atoms with van der Waals surface area (Å²) in [4.78, 5) is 0. The maximum Gasteiger partial charge on any atom is 0.147 e. The van der Waals surface area contributed by atoms with Gasteiger partial charge in [-0.1, -0.05) is 0 Å². The second kappa shape index (κ2) is 7.17. The molecule has 1 rings (SSSR count). The number of aliphatic hydroxyl groups excluding tert-OH is 1. The minimum absolute atomic E-state index is 0.0417. The van der Waals surface area contributed by atoms with Crippen LogP contribution < -0.4 is 0 Å². The molecule has 14 heavy (non-hydrogen) atoms. The maximum atomic E-state index is 8.70. The van der Waals surface area contributed by atoms with Gasteiger partial charge in [-0.15, -0.1) is 0 Å². The van der Waals surface area contributed by atoms with Crippen LogP contribution in [-0.2, 0) is 14.2 Å². The van der Waals surface area contributed by atoms with Crippen LogP contribution in [0.5, 0.6) is 0 Å². The highest BCUT2D eigenvalue weighted by atomic mass is 16.7. The second-order valence-electron chi connectivity index (χ2n) is 3.54. The van der Waals surface area contributed by atoms with E-state index in [0.717, 1.165) is 0 Å². The molecule has 0 aromatic carbocycles. The zero-order chi connectivity index (χ0) is 11.1. The molecule has 86 valence electrons. The summed E-state index contributed by atoms with van der Waals surface area (Å²) in [6.45, 7) is 8.02. The molecule has 1 fully saturated rings. The van der Waals surface area contributed by atoms with Crippen LogP contribution in [0.1, 0.15) is 27.7 Å². The molecule has 1 aliphatic heterocycles. The summed E-state index contributed by atoms with van der Waals surface area (Å²) in [5.41, 5.74) is 0. The molecule has 1 heterocycles. The van der Waals surface area contributed by atoms with E-state index in [1.807, 2.05) is 20.8 Å². The zero-order valence-electron chi connectivity index (χ0n) is 9.69. The van der Waals surface area contributed by atoms with Crippen LogP contribution in [-0.4, -0.2) is 43.4 Å². The minimum atomic E-state index is -0.356. The molecule has 4 nitrogen and oxygen atoms in total. The average Bonchev–Trinajstić information content (AvgIpc) is 2.50. The summed E-state index contributed by atoms with van der Waals surface area (Å²) in [5, 5.41) is 8.70. The lowest BCUT2D eigenvalue weighted by Gasteiger charge is -2.10. The van der Waals surface area contributed by atoms with Gasteiger partial charge in [0, 0.05) is 7.11 Å². The van der Waals surface area contributed by atoms with Crippen LogP contribution in [0.25, 0.3) is 0 Å². The van der Waals surface area contributed by atoms with E-state index in [9.17, 15) is 0 Å². The predicted molar refractivity (Wildman–Crippen MR) is 54.1 cm³/mol. The van der Waals surface area contributed by atoms with Gasteiger partial charge in [0.15, 0.2) is 0 Å². The highest BCUT2D eigenvalue weighted by molar-refractivity contribution is 4.62.